The van der Waals surface area contributed by atoms with Crippen LogP contribution in [0.2, 0.25) is 0 Å². The largest absolute Gasteiger partial charge is 0.339 e. The van der Waals surface area contributed by atoms with E-state index in [9.17, 15) is 17.6 Å². The van der Waals surface area contributed by atoms with Crippen LogP contribution in [0, 0.1) is 12.8 Å². The van der Waals surface area contributed by atoms with Crippen LogP contribution < -0.4 is 5.73 Å². The summed E-state index contributed by atoms with van der Waals surface area (Å²) in [6.07, 6.45) is 3.28. The van der Waals surface area contributed by atoms with Crippen molar-refractivity contribution in [2.24, 2.45) is 11.7 Å². The summed E-state index contributed by atoms with van der Waals surface area (Å²) >= 11 is 0. The third-order valence-electron chi connectivity index (χ3n) is 6.07. The Morgan fingerprint density at radius 1 is 1.35 bits per heavy atom. The van der Waals surface area contributed by atoms with Gasteiger partial charge in [0.25, 0.3) is 0 Å². The smallest absolute Gasteiger partial charge is 0.240 e. The number of nitrogens with two attached hydrogens (primary N) is 1. The SMILES string of the molecule is Cc1cc(S(C)(=O)=O)ccc1-c1noc([C@@H](CC2CC2)[C@H](N)C(=O)N2CC[C@H](F)C2)n1. The van der Waals surface area contributed by atoms with Crippen LogP contribution in [-0.4, -0.2) is 60.9 Å². The topological polar surface area (TPSA) is 119 Å². The molecule has 0 radical (unpaired) electrons. The van der Waals surface area contributed by atoms with E-state index in [1.165, 1.54) is 11.0 Å². The van der Waals surface area contributed by atoms with Crippen LogP contribution in [0.3, 0.4) is 0 Å². The Hall–Kier alpha value is -2.33. The van der Waals surface area contributed by atoms with E-state index in [2.05, 4.69) is 10.1 Å². The van der Waals surface area contributed by atoms with E-state index in [0.717, 1.165) is 19.1 Å². The zero-order chi connectivity index (χ0) is 22.3. The predicted octanol–water partition coefficient (Wildman–Crippen LogP) is 2.23. The molecule has 1 saturated carbocycles. The van der Waals surface area contributed by atoms with Crippen molar-refractivity contribution in [2.75, 3.05) is 19.3 Å². The molecule has 2 aliphatic rings. The highest BCUT2D eigenvalue weighted by Gasteiger charge is 2.39. The Kier molecular flexibility index (Phi) is 5.87. The number of likely N-dealkylation sites (tertiary alicyclic amines) is 1. The predicted molar refractivity (Wildman–Crippen MR) is 112 cm³/mol. The molecule has 31 heavy (non-hydrogen) atoms. The molecule has 8 nitrogen and oxygen atoms in total. The Balaban J connectivity index is 1.59. The van der Waals surface area contributed by atoms with Gasteiger partial charge in [0.2, 0.25) is 17.6 Å². The minimum atomic E-state index is -3.32. The second kappa shape index (κ2) is 8.31. The molecule has 1 aromatic heterocycles. The molecule has 1 aliphatic carbocycles. The van der Waals surface area contributed by atoms with Crippen LogP contribution in [0.25, 0.3) is 11.4 Å². The Bertz CT molecular complexity index is 1080. The third-order valence-corrected chi connectivity index (χ3v) is 7.18. The van der Waals surface area contributed by atoms with E-state index in [1.54, 1.807) is 19.1 Å². The number of rotatable bonds is 7. The maximum atomic E-state index is 13.6. The van der Waals surface area contributed by atoms with E-state index < -0.39 is 28.0 Å². The van der Waals surface area contributed by atoms with Gasteiger partial charge in [-0.15, -0.1) is 0 Å². The molecule has 1 aromatic carbocycles. The highest BCUT2D eigenvalue weighted by Crippen LogP contribution is 2.40. The first-order valence-electron chi connectivity index (χ1n) is 10.5. The minimum Gasteiger partial charge on any atom is -0.339 e. The van der Waals surface area contributed by atoms with Crippen molar-refractivity contribution in [3.63, 3.8) is 0 Å². The third kappa shape index (κ3) is 4.79. The lowest BCUT2D eigenvalue weighted by Gasteiger charge is -2.25. The van der Waals surface area contributed by atoms with Crippen molar-refractivity contribution in [3.8, 4) is 11.4 Å². The standard InChI is InChI=1S/C21H27FN4O4S/c1-12-9-15(31(2,28)29)5-6-16(12)19-24-20(30-25-19)17(10-13-3-4-13)18(23)21(27)26-8-7-14(22)11-26/h5-6,9,13-14,17-18H,3-4,7-8,10-11,23H2,1-2H3/t14-,17-,18-/m0/s1. The normalized spacial score (nSPS) is 21.3. The molecule has 4 rings (SSSR count). The quantitative estimate of drug-likeness (QED) is 0.687. The van der Waals surface area contributed by atoms with Gasteiger partial charge < -0.3 is 15.2 Å². The van der Waals surface area contributed by atoms with Gasteiger partial charge in [0.15, 0.2) is 9.84 Å². The summed E-state index contributed by atoms with van der Waals surface area (Å²) in [6, 6.07) is 3.84. The average molecular weight is 451 g/mol. The minimum absolute atomic E-state index is 0.0731. The summed E-state index contributed by atoms with van der Waals surface area (Å²) < 4.78 is 42.6. The Morgan fingerprint density at radius 3 is 2.68 bits per heavy atom. The number of hydrogen-bond donors (Lipinski definition) is 1. The summed E-state index contributed by atoms with van der Waals surface area (Å²) in [6.45, 7) is 2.21. The van der Waals surface area contributed by atoms with Crippen molar-refractivity contribution >= 4 is 15.7 Å². The average Bonchev–Trinajstić information content (AvgIpc) is 3.22. The maximum absolute atomic E-state index is 13.6. The van der Waals surface area contributed by atoms with Crippen LogP contribution in [0.4, 0.5) is 4.39 Å². The van der Waals surface area contributed by atoms with Gasteiger partial charge in [0.05, 0.1) is 23.4 Å². The molecule has 1 aliphatic heterocycles. The second-order valence-electron chi connectivity index (χ2n) is 8.69. The molecule has 2 aromatic rings. The van der Waals surface area contributed by atoms with Gasteiger partial charge in [-0.2, -0.15) is 4.98 Å². The van der Waals surface area contributed by atoms with Crippen LogP contribution in [-0.2, 0) is 14.6 Å². The molecule has 3 atom stereocenters. The number of sulfone groups is 1. The van der Waals surface area contributed by atoms with Crippen molar-refractivity contribution in [1.82, 2.24) is 15.0 Å². The zero-order valence-corrected chi connectivity index (χ0v) is 18.4. The molecule has 2 N–H and O–H groups in total. The van der Waals surface area contributed by atoms with Crippen LogP contribution in [0.5, 0.6) is 0 Å². The van der Waals surface area contributed by atoms with E-state index in [4.69, 9.17) is 10.3 Å². The number of alkyl halides is 1. The van der Waals surface area contributed by atoms with E-state index in [0.29, 0.717) is 42.3 Å². The number of amides is 1. The molecule has 2 heterocycles. The van der Waals surface area contributed by atoms with Gasteiger partial charge in [-0.25, -0.2) is 12.8 Å². The number of hydrogen-bond acceptors (Lipinski definition) is 7. The van der Waals surface area contributed by atoms with Crippen LogP contribution in [0.15, 0.2) is 27.6 Å². The molecule has 2 fully saturated rings. The number of carbonyl (C=O) groups is 1. The number of aryl methyl sites for hydroxylation is 1. The fourth-order valence-electron chi connectivity index (χ4n) is 4.03. The number of benzene rings is 1. The number of aromatic nitrogens is 2. The van der Waals surface area contributed by atoms with Gasteiger partial charge in [0.1, 0.15) is 6.17 Å². The fourth-order valence-corrected chi connectivity index (χ4v) is 4.73. The first-order valence-corrected chi connectivity index (χ1v) is 12.4. The van der Waals surface area contributed by atoms with E-state index in [1.807, 2.05) is 0 Å². The van der Waals surface area contributed by atoms with Crippen molar-refractivity contribution < 1.29 is 22.1 Å². The van der Waals surface area contributed by atoms with Gasteiger partial charge >= 0.3 is 0 Å². The van der Waals surface area contributed by atoms with Crippen LogP contribution in [0.1, 0.15) is 43.1 Å². The lowest BCUT2D eigenvalue weighted by atomic mass is 9.93. The lowest BCUT2D eigenvalue weighted by molar-refractivity contribution is -0.132. The van der Waals surface area contributed by atoms with E-state index in [-0.39, 0.29) is 23.2 Å². The summed E-state index contributed by atoms with van der Waals surface area (Å²) in [4.78, 5) is 19.1. The van der Waals surface area contributed by atoms with E-state index >= 15 is 0 Å². The fraction of sp³-hybridized carbons (Fsp3) is 0.571. The summed E-state index contributed by atoms with van der Waals surface area (Å²) in [7, 11) is -3.32. The molecular weight excluding hydrogens is 423 g/mol. The molecule has 10 heteroatoms. The first kappa shape index (κ1) is 21.9. The lowest BCUT2D eigenvalue weighted by Crippen LogP contribution is -2.46. The van der Waals surface area contributed by atoms with Crippen molar-refractivity contribution in [3.05, 3.63) is 29.7 Å². The summed E-state index contributed by atoms with van der Waals surface area (Å²) in [5, 5.41) is 4.06. The summed E-state index contributed by atoms with van der Waals surface area (Å²) in [5.41, 5.74) is 7.67. The first-order chi connectivity index (χ1) is 14.6. The highest BCUT2D eigenvalue weighted by molar-refractivity contribution is 7.90. The van der Waals surface area contributed by atoms with Gasteiger partial charge in [0, 0.05) is 18.4 Å². The van der Waals surface area contributed by atoms with Crippen molar-refractivity contribution in [1.29, 1.82) is 0 Å². The molecular formula is C21H27FN4O4S. The molecule has 0 spiro atoms. The van der Waals surface area contributed by atoms with Crippen LogP contribution >= 0.6 is 0 Å². The molecule has 168 valence electrons. The number of carbonyl (C=O) groups excluding carboxylic acids is 1. The number of halogens is 1. The maximum Gasteiger partial charge on any atom is 0.240 e. The molecule has 0 bridgehead atoms. The second-order valence-corrected chi connectivity index (χ2v) is 10.7. The monoisotopic (exact) mass is 450 g/mol. The zero-order valence-electron chi connectivity index (χ0n) is 17.6. The highest BCUT2D eigenvalue weighted by atomic mass is 32.2. The van der Waals surface area contributed by atoms with Gasteiger partial charge in [-0.1, -0.05) is 18.0 Å². The molecule has 0 unspecified atom stereocenters. The van der Waals surface area contributed by atoms with Gasteiger partial charge in [-0.3, -0.25) is 4.79 Å². The molecule has 1 amide bonds. The number of nitrogens with zero attached hydrogens (tertiary/aromatic N) is 3. The Labute approximate surface area is 180 Å². The van der Waals surface area contributed by atoms with Crippen molar-refractivity contribution in [2.45, 2.75) is 55.6 Å². The summed E-state index contributed by atoms with van der Waals surface area (Å²) in [5.74, 6) is 0.320. The Morgan fingerprint density at radius 2 is 2.10 bits per heavy atom. The van der Waals surface area contributed by atoms with Gasteiger partial charge in [-0.05, 0) is 49.4 Å². The molecule has 1 saturated heterocycles.